The van der Waals surface area contributed by atoms with Crippen LogP contribution >= 0.6 is 0 Å². The number of aromatic nitrogens is 2. The lowest BCUT2D eigenvalue weighted by Crippen LogP contribution is -1.94. The fourth-order valence-corrected chi connectivity index (χ4v) is 1.71. The Morgan fingerprint density at radius 3 is 2.69 bits per heavy atom. The molecule has 0 spiro atoms. The van der Waals surface area contributed by atoms with E-state index in [9.17, 15) is 0 Å². The molecule has 2 rings (SSSR count). The summed E-state index contributed by atoms with van der Waals surface area (Å²) in [6.45, 7) is 2.13. The van der Waals surface area contributed by atoms with Gasteiger partial charge >= 0.3 is 0 Å². The summed E-state index contributed by atoms with van der Waals surface area (Å²) in [6, 6.07) is 8.39. The molecular weight excluding hydrogens is 196 g/mol. The van der Waals surface area contributed by atoms with Crippen LogP contribution in [-0.2, 0) is 19.3 Å². The first-order valence-corrected chi connectivity index (χ1v) is 5.71. The van der Waals surface area contributed by atoms with Crippen LogP contribution in [0.1, 0.15) is 23.7 Å². The van der Waals surface area contributed by atoms with Crippen LogP contribution in [0, 0.1) is 0 Å². The van der Waals surface area contributed by atoms with Gasteiger partial charge in [-0.05, 0) is 48.6 Å². The molecule has 0 amide bonds. The highest BCUT2D eigenvalue weighted by Gasteiger charge is 1.97. The second-order valence-electron chi connectivity index (χ2n) is 3.87. The summed E-state index contributed by atoms with van der Waals surface area (Å²) in [7, 11) is 0. The Morgan fingerprint density at radius 1 is 1.06 bits per heavy atom. The minimum absolute atomic E-state index is 1.00. The molecule has 2 heteroatoms. The third kappa shape index (κ3) is 2.89. The van der Waals surface area contributed by atoms with E-state index in [4.69, 9.17) is 0 Å². The summed E-state index contributed by atoms with van der Waals surface area (Å²) >= 11 is 0. The van der Waals surface area contributed by atoms with E-state index < -0.39 is 0 Å². The zero-order valence-electron chi connectivity index (χ0n) is 9.56. The van der Waals surface area contributed by atoms with Gasteiger partial charge in [-0.2, -0.15) is 0 Å². The summed E-state index contributed by atoms with van der Waals surface area (Å²) in [5.41, 5.74) is 3.82. The average Bonchev–Trinajstić information content (AvgIpc) is 2.38. The van der Waals surface area contributed by atoms with Gasteiger partial charge in [0, 0.05) is 24.3 Å². The predicted octanol–water partition coefficient (Wildman–Crippen LogP) is 2.82. The van der Waals surface area contributed by atoms with Gasteiger partial charge in [0.25, 0.3) is 0 Å². The molecule has 16 heavy (non-hydrogen) atoms. The largest absolute Gasteiger partial charge is 0.264 e. The third-order valence-corrected chi connectivity index (χ3v) is 2.67. The van der Waals surface area contributed by atoms with Crippen LogP contribution in [0.3, 0.4) is 0 Å². The Labute approximate surface area is 96.4 Å². The molecule has 0 saturated carbocycles. The standard InChI is InChI=1S/C14H16N2/c1-2-14-10-12(7-9-16-14)5-6-13-4-3-8-15-11-13/h3-4,7-11H,2,5-6H2,1H3. The van der Waals surface area contributed by atoms with Gasteiger partial charge in [0.2, 0.25) is 0 Å². The Balaban J connectivity index is 1.99. The van der Waals surface area contributed by atoms with Crippen LogP contribution in [0.5, 0.6) is 0 Å². The van der Waals surface area contributed by atoms with Gasteiger partial charge in [0.15, 0.2) is 0 Å². The fourth-order valence-electron chi connectivity index (χ4n) is 1.71. The van der Waals surface area contributed by atoms with Crippen molar-refractivity contribution in [2.45, 2.75) is 26.2 Å². The molecule has 0 saturated heterocycles. The molecular formula is C14H16N2. The molecule has 2 aromatic rings. The van der Waals surface area contributed by atoms with Crippen LogP contribution in [0.4, 0.5) is 0 Å². The molecule has 0 fully saturated rings. The average molecular weight is 212 g/mol. The second kappa shape index (κ2) is 5.40. The van der Waals surface area contributed by atoms with Crippen molar-refractivity contribution in [2.75, 3.05) is 0 Å². The zero-order chi connectivity index (χ0) is 11.2. The van der Waals surface area contributed by atoms with Crippen molar-refractivity contribution in [3.8, 4) is 0 Å². The Hall–Kier alpha value is -1.70. The highest BCUT2D eigenvalue weighted by molar-refractivity contribution is 5.19. The van der Waals surface area contributed by atoms with Crippen LogP contribution in [-0.4, -0.2) is 9.97 Å². The van der Waals surface area contributed by atoms with Crippen molar-refractivity contribution in [1.82, 2.24) is 9.97 Å². The molecule has 2 nitrogen and oxygen atoms in total. The molecule has 0 N–H and O–H groups in total. The second-order valence-corrected chi connectivity index (χ2v) is 3.87. The first-order chi connectivity index (χ1) is 7.88. The lowest BCUT2D eigenvalue weighted by Gasteiger charge is -2.03. The van der Waals surface area contributed by atoms with E-state index in [1.807, 2.05) is 24.7 Å². The smallest absolute Gasteiger partial charge is 0.0403 e. The zero-order valence-corrected chi connectivity index (χ0v) is 9.56. The molecule has 0 aliphatic heterocycles. The van der Waals surface area contributed by atoms with Crippen molar-refractivity contribution in [2.24, 2.45) is 0 Å². The molecule has 0 atom stereocenters. The highest BCUT2D eigenvalue weighted by Crippen LogP contribution is 2.07. The summed E-state index contributed by atoms with van der Waals surface area (Å²) in [5, 5.41) is 0. The molecule has 0 radical (unpaired) electrons. The molecule has 2 aromatic heterocycles. The van der Waals surface area contributed by atoms with E-state index in [0.29, 0.717) is 0 Å². The van der Waals surface area contributed by atoms with Crippen LogP contribution < -0.4 is 0 Å². The van der Waals surface area contributed by atoms with E-state index in [1.54, 1.807) is 0 Å². The first kappa shape index (κ1) is 10.8. The normalized spacial score (nSPS) is 10.3. The van der Waals surface area contributed by atoms with E-state index >= 15 is 0 Å². The van der Waals surface area contributed by atoms with Gasteiger partial charge in [0.05, 0.1) is 0 Å². The number of aryl methyl sites for hydroxylation is 3. The summed E-state index contributed by atoms with van der Waals surface area (Å²) in [6.07, 6.45) is 8.74. The quantitative estimate of drug-likeness (QED) is 0.778. The number of hydrogen-bond acceptors (Lipinski definition) is 2. The Bertz CT molecular complexity index is 437. The van der Waals surface area contributed by atoms with Crippen molar-refractivity contribution in [1.29, 1.82) is 0 Å². The van der Waals surface area contributed by atoms with E-state index in [1.165, 1.54) is 16.8 Å². The molecule has 0 unspecified atom stereocenters. The molecule has 0 bridgehead atoms. The number of nitrogens with zero attached hydrogens (tertiary/aromatic N) is 2. The van der Waals surface area contributed by atoms with E-state index in [-0.39, 0.29) is 0 Å². The van der Waals surface area contributed by atoms with Crippen LogP contribution in [0.15, 0.2) is 42.9 Å². The van der Waals surface area contributed by atoms with Crippen molar-refractivity contribution in [3.05, 3.63) is 59.7 Å². The van der Waals surface area contributed by atoms with Gasteiger partial charge in [-0.15, -0.1) is 0 Å². The maximum absolute atomic E-state index is 4.30. The summed E-state index contributed by atoms with van der Waals surface area (Å²) in [4.78, 5) is 8.42. The van der Waals surface area contributed by atoms with Crippen molar-refractivity contribution < 1.29 is 0 Å². The fraction of sp³-hybridized carbons (Fsp3) is 0.286. The van der Waals surface area contributed by atoms with Gasteiger partial charge in [-0.1, -0.05) is 13.0 Å². The van der Waals surface area contributed by atoms with Gasteiger partial charge in [0.1, 0.15) is 0 Å². The minimum atomic E-state index is 1.00. The monoisotopic (exact) mass is 212 g/mol. The Kier molecular flexibility index (Phi) is 3.65. The lowest BCUT2D eigenvalue weighted by atomic mass is 10.1. The van der Waals surface area contributed by atoms with Gasteiger partial charge in [-0.25, -0.2) is 0 Å². The number of pyridine rings is 2. The maximum Gasteiger partial charge on any atom is 0.0403 e. The first-order valence-electron chi connectivity index (χ1n) is 5.71. The molecule has 82 valence electrons. The van der Waals surface area contributed by atoms with Crippen molar-refractivity contribution in [3.63, 3.8) is 0 Å². The summed E-state index contributed by atoms with van der Waals surface area (Å²) in [5.74, 6) is 0. The summed E-state index contributed by atoms with van der Waals surface area (Å²) < 4.78 is 0. The van der Waals surface area contributed by atoms with E-state index in [2.05, 4.69) is 35.1 Å². The van der Waals surface area contributed by atoms with Gasteiger partial charge < -0.3 is 0 Å². The minimum Gasteiger partial charge on any atom is -0.264 e. The molecule has 0 aliphatic rings. The van der Waals surface area contributed by atoms with Gasteiger partial charge in [-0.3, -0.25) is 9.97 Å². The lowest BCUT2D eigenvalue weighted by molar-refractivity contribution is 0.929. The number of hydrogen-bond donors (Lipinski definition) is 0. The molecule has 0 aliphatic carbocycles. The number of rotatable bonds is 4. The maximum atomic E-state index is 4.30. The topological polar surface area (TPSA) is 25.8 Å². The highest BCUT2D eigenvalue weighted by atomic mass is 14.7. The SMILES string of the molecule is CCc1cc(CCc2cccnc2)ccn1. The molecule has 2 heterocycles. The predicted molar refractivity (Wildman–Crippen MR) is 65.3 cm³/mol. The van der Waals surface area contributed by atoms with Crippen molar-refractivity contribution >= 4 is 0 Å². The Morgan fingerprint density at radius 2 is 1.94 bits per heavy atom. The van der Waals surface area contributed by atoms with Crippen LogP contribution in [0.2, 0.25) is 0 Å². The molecule has 0 aromatic carbocycles. The van der Waals surface area contributed by atoms with Crippen LogP contribution in [0.25, 0.3) is 0 Å². The third-order valence-electron chi connectivity index (χ3n) is 2.67. The van der Waals surface area contributed by atoms with E-state index in [0.717, 1.165) is 19.3 Å².